The van der Waals surface area contributed by atoms with Gasteiger partial charge in [0.15, 0.2) is 0 Å². The van der Waals surface area contributed by atoms with Crippen molar-refractivity contribution in [1.29, 1.82) is 0 Å². The summed E-state index contributed by atoms with van der Waals surface area (Å²) >= 11 is 3.61. The van der Waals surface area contributed by atoms with Crippen molar-refractivity contribution in [3.05, 3.63) is 57.9 Å². The van der Waals surface area contributed by atoms with Crippen LogP contribution in [0.4, 0.5) is 0 Å². The Morgan fingerprint density at radius 2 is 2.17 bits per heavy atom. The Balaban J connectivity index is 1.95. The van der Waals surface area contributed by atoms with Gasteiger partial charge in [0.2, 0.25) is 5.91 Å². The molecule has 1 amide bonds. The van der Waals surface area contributed by atoms with E-state index in [0.29, 0.717) is 18.8 Å². The number of benzene rings is 1. The summed E-state index contributed by atoms with van der Waals surface area (Å²) in [5.74, 6) is -0.0245. The van der Waals surface area contributed by atoms with Gasteiger partial charge in [0.25, 0.3) is 0 Å². The van der Waals surface area contributed by atoms with Crippen molar-refractivity contribution in [3.63, 3.8) is 0 Å². The highest BCUT2D eigenvalue weighted by Gasteiger charge is 2.18. The second-order valence-electron chi connectivity index (χ2n) is 5.55. The number of fused-ring (bicyclic) bond motifs is 1. The van der Waals surface area contributed by atoms with E-state index in [1.165, 1.54) is 0 Å². The molecule has 6 heteroatoms. The van der Waals surface area contributed by atoms with Crippen LogP contribution >= 0.6 is 15.9 Å². The number of halogens is 1. The Kier molecular flexibility index (Phi) is 4.43. The van der Waals surface area contributed by atoms with E-state index in [1.807, 2.05) is 18.3 Å². The molecule has 0 aliphatic carbocycles. The quantitative estimate of drug-likeness (QED) is 0.705. The first-order chi connectivity index (χ1) is 11.1. The van der Waals surface area contributed by atoms with Crippen LogP contribution in [-0.2, 0) is 11.3 Å². The zero-order valence-electron chi connectivity index (χ0n) is 12.9. The van der Waals surface area contributed by atoms with E-state index in [1.54, 1.807) is 18.0 Å². The van der Waals surface area contributed by atoms with Gasteiger partial charge in [0.1, 0.15) is 0 Å². The first-order valence-corrected chi connectivity index (χ1v) is 8.24. The summed E-state index contributed by atoms with van der Waals surface area (Å²) in [7, 11) is 0. The molecule has 0 unspecified atom stereocenters. The number of hydrogen-bond acceptors (Lipinski definition) is 4. The van der Waals surface area contributed by atoms with E-state index in [-0.39, 0.29) is 5.91 Å². The predicted octanol–water partition coefficient (Wildman–Crippen LogP) is 0.167. The van der Waals surface area contributed by atoms with Crippen molar-refractivity contribution < 1.29 is 4.79 Å². The van der Waals surface area contributed by atoms with Crippen molar-refractivity contribution in [2.24, 2.45) is 5.73 Å². The molecule has 5 nitrogen and oxygen atoms in total. The number of nitrogens with one attached hydrogen (secondary N) is 2. The van der Waals surface area contributed by atoms with Crippen molar-refractivity contribution in [2.75, 3.05) is 13.1 Å². The molecule has 0 bridgehead atoms. The minimum absolute atomic E-state index is 0.0245. The molecule has 0 atom stereocenters. The lowest BCUT2D eigenvalue weighted by Gasteiger charge is -2.27. The van der Waals surface area contributed by atoms with E-state index in [2.05, 4.69) is 38.7 Å². The summed E-state index contributed by atoms with van der Waals surface area (Å²) in [6.07, 6.45) is 5.68. The minimum atomic E-state index is -0.0245. The number of nitrogens with zero attached hydrogens (tertiary/aromatic N) is 1. The lowest BCUT2D eigenvalue weighted by atomic mass is 10.1. The largest absolute Gasteiger partial charge is 0.396 e. The highest BCUT2D eigenvalue weighted by molar-refractivity contribution is 9.14. The fraction of sp³-hybridized carbons (Fsp3) is 0.235. The average molecular weight is 375 g/mol. The van der Waals surface area contributed by atoms with Crippen LogP contribution in [0.15, 0.2) is 41.9 Å². The molecule has 2 aliphatic rings. The molecule has 0 saturated heterocycles. The van der Waals surface area contributed by atoms with Crippen molar-refractivity contribution in [2.45, 2.75) is 13.5 Å². The summed E-state index contributed by atoms with van der Waals surface area (Å²) in [4.78, 5) is 13.8. The number of hydrogen-bond donors (Lipinski definition) is 3. The van der Waals surface area contributed by atoms with Gasteiger partial charge in [-0.25, -0.2) is 0 Å². The van der Waals surface area contributed by atoms with E-state index in [9.17, 15) is 4.79 Å². The Morgan fingerprint density at radius 3 is 2.91 bits per heavy atom. The van der Waals surface area contributed by atoms with Gasteiger partial charge in [0, 0.05) is 36.9 Å². The fourth-order valence-electron chi connectivity index (χ4n) is 2.74. The van der Waals surface area contributed by atoms with Gasteiger partial charge in [-0.15, -0.1) is 0 Å². The van der Waals surface area contributed by atoms with E-state index < -0.39 is 0 Å². The molecular formula is C17H19BrN4O. The molecule has 0 radical (unpaired) electrons. The third-order valence-electron chi connectivity index (χ3n) is 3.90. The molecular weight excluding hydrogens is 356 g/mol. The van der Waals surface area contributed by atoms with E-state index in [4.69, 9.17) is 5.73 Å². The van der Waals surface area contributed by atoms with Crippen LogP contribution in [0.1, 0.15) is 12.5 Å². The lowest BCUT2D eigenvalue weighted by Crippen LogP contribution is -2.37. The number of rotatable bonds is 3. The zero-order chi connectivity index (χ0) is 16.4. The Morgan fingerprint density at radius 1 is 1.35 bits per heavy atom. The highest BCUT2D eigenvalue weighted by Crippen LogP contribution is 2.17. The number of nitrogens with two attached hydrogens (primary N) is 1. The van der Waals surface area contributed by atoms with Crippen LogP contribution in [0.2, 0.25) is 0 Å². The number of carbonyl (C=O) groups is 1. The Bertz CT molecular complexity index is 825. The summed E-state index contributed by atoms with van der Waals surface area (Å²) in [6.45, 7) is 3.51. The summed E-state index contributed by atoms with van der Waals surface area (Å²) < 4.78 is 1.12. The van der Waals surface area contributed by atoms with Gasteiger partial charge >= 0.3 is 0 Å². The predicted molar refractivity (Wildman–Crippen MR) is 95.1 cm³/mol. The van der Waals surface area contributed by atoms with Gasteiger partial charge < -0.3 is 21.3 Å². The standard InChI is InChI=1S/C17H19BrN4O/c1-11(23)22(17-4-5-20-9-16(17)19)10-12-2-3-13-7-21-8-15(18)14(13)6-12/h2-4,6-7,9,20-21H,5,8,10,19H2,1H3. The van der Waals surface area contributed by atoms with Gasteiger partial charge in [-0.3, -0.25) is 4.79 Å². The summed E-state index contributed by atoms with van der Waals surface area (Å²) in [5.41, 5.74) is 8.43. The maximum atomic E-state index is 12.1. The van der Waals surface area contributed by atoms with Crippen LogP contribution in [0, 0.1) is 0 Å². The van der Waals surface area contributed by atoms with Crippen LogP contribution in [0.3, 0.4) is 0 Å². The smallest absolute Gasteiger partial charge is 0.224 e. The van der Waals surface area contributed by atoms with Crippen LogP contribution < -0.4 is 26.8 Å². The Labute approximate surface area is 143 Å². The summed E-state index contributed by atoms with van der Waals surface area (Å²) in [6, 6.07) is 6.22. The molecule has 3 rings (SSSR count). The lowest BCUT2D eigenvalue weighted by molar-refractivity contribution is -0.127. The number of dihydropyridines is 1. The van der Waals surface area contributed by atoms with Crippen LogP contribution in [0.25, 0.3) is 10.7 Å². The third kappa shape index (κ3) is 3.27. The number of amides is 1. The van der Waals surface area contributed by atoms with Crippen molar-refractivity contribution in [3.8, 4) is 0 Å². The van der Waals surface area contributed by atoms with E-state index >= 15 is 0 Å². The molecule has 23 heavy (non-hydrogen) atoms. The van der Waals surface area contributed by atoms with Crippen molar-refractivity contribution >= 4 is 32.5 Å². The van der Waals surface area contributed by atoms with Crippen molar-refractivity contribution in [1.82, 2.24) is 15.5 Å². The van der Waals surface area contributed by atoms with Crippen LogP contribution in [0.5, 0.6) is 0 Å². The Hall–Kier alpha value is -2.21. The monoisotopic (exact) mass is 374 g/mol. The van der Waals surface area contributed by atoms with Gasteiger partial charge in [-0.05, 0) is 28.1 Å². The fourth-order valence-corrected chi connectivity index (χ4v) is 3.24. The first kappa shape index (κ1) is 15.7. The molecule has 1 aromatic rings. The molecule has 4 N–H and O–H groups in total. The van der Waals surface area contributed by atoms with Gasteiger partial charge in [-0.2, -0.15) is 0 Å². The average Bonchev–Trinajstić information content (AvgIpc) is 2.54. The number of carbonyl (C=O) groups excluding carboxylic acids is 1. The second-order valence-corrected chi connectivity index (χ2v) is 6.51. The second kappa shape index (κ2) is 6.50. The maximum absolute atomic E-state index is 12.1. The molecule has 2 aliphatic heterocycles. The normalized spacial score (nSPS) is 16.2. The summed E-state index contributed by atoms with van der Waals surface area (Å²) in [5, 5.41) is 8.56. The molecule has 0 saturated carbocycles. The maximum Gasteiger partial charge on any atom is 0.224 e. The topological polar surface area (TPSA) is 70.4 Å². The molecule has 2 heterocycles. The zero-order valence-corrected chi connectivity index (χ0v) is 14.5. The molecule has 0 spiro atoms. The first-order valence-electron chi connectivity index (χ1n) is 7.45. The van der Waals surface area contributed by atoms with Crippen LogP contribution in [-0.4, -0.2) is 23.9 Å². The highest BCUT2D eigenvalue weighted by atomic mass is 79.9. The minimum Gasteiger partial charge on any atom is -0.396 e. The molecule has 0 fully saturated rings. The SMILES string of the molecule is CC(=O)N(Cc1ccc2c(c1)=C(Br)CNC=2)C1=CCNC=C1N. The molecule has 120 valence electrons. The van der Waals surface area contributed by atoms with E-state index in [0.717, 1.165) is 32.7 Å². The van der Waals surface area contributed by atoms with Gasteiger partial charge in [-0.1, -0.05) is 28.1 Å². The molecule has 1 aromatic carbocycles. The third-order valence-corrected chi connectivity index (χ3v) is 4.61. The molecule has 0 aromatic heterocycles. The van der Waals surface area contributed by atoms with Gasteiger partial charge in [0.05, 0.1) is 17.9 Å².